The van der Waals surface area contributed by atoms with Gasteiger partial charge in [0.15, 0.2) is 5.76 Å². The Morgan fingerprint density at radius 3 is 2.60 bits per heavy atom. The SMILES string of the molecule is Cc1cc(O)c2c(c1)OC(=Cc1ccc(Cl)cc1)C2=O. The molecule has 100 valence electrons. The second kappa shape index (κ2) is 4.69. The first-order valence-corrected chi connectivity index (χ1v) is 6.46. The Kier molecular flexibility index (Phi) is 2.99. The van der Waals surface area contributed by atoms with Crippen molar-refractivity contribution in [3.63, 3.8) is 0 Å². The van der Waals surface area contributed by atoms with E-state index in [1.54, 1.807) is 42.5 Å². The van der Waals surface area contributed by atoms with Gasteiger partial charge >= 0.3 is 0 Å². The molecule has 0 spiro atoms. The highest BCUT2D eigenvalue weighted by Crippen LogP contribution is 2.38. The van der Waals surface area contributed by atoms with E-state index in [-0.39, 0.29) is 22.9 Å². The van der Waals surface area contributed by atoms with Crippen LogP contribution in [0.5, 0.6) is 11.5 Å². The fraction of sp³-hybridized carbons (Fsp3) is 0.0625. The van der Waals surface area contributed by atoms with Gasteiger partial charge in [0.25, 0.3) is 0 Å². The number of halogens is 1. The molecular formula is C16H11ClO3. The molecule has 1 heterocycles. The Balaban J connectivity index is 2.01. The molecule has 0 aromatic heterocycles. The fourth-order valence-corrected chi connectivity index (χ4v) is 2.26. The van der Waals surface area contributed by atoms with E-state index < -0.39 is 0 Å². The minimum Gasteiger partial charge on any atom is -0.507 e. The molecule has 1 aliphatic heterocycles. The number of hydrogen-bond donors (Lipinski definition) is 1. The largest absolute Gasteiger partial charge is 0.507 e. The van der Waals surface area contributed by atoms with Crippen molar-refractivity contribution >= 4 is 23.5 Å². The average Bonchev–Trinajstić information content (AvgIpc) is 2.69. The van der Waals surface area contributed by atoms with Crippen LogP contribution >= 0.6 is 11.6 Å². The molecule has 0 atom stereocenters. The second-order valence-electron chi connectivity index (χ2n) is 4.65. The number of carbonyl (C=O) groups is 1. The third kappa shape index (κ3) is 2.17. The van der Waals surface area contributed by atoms with E-state index in [0.717, 1.165) is 11.1 Å². The van der Waals surface area contributed by atoms with Crippen LogP contribution in [0, 0.1) is 6.92 Å². The topological polar surface area (TPSA) is 46.5 Å². The normalized spacial score (nSPS) is 15.3. The van der Waals surface area contributed by atoms with Crippen LogP contribution in [0.15, 0.2) is 42.2 Å². The number of benzene rings is 2. The summed E-state index contributed by atoms with van der Waals surface area (Å²) in [7, 11) is 0. The summed E-state index contributed by atoms with van der Waals surface area (Å²) in [4.78, 5) is 12.2. The van der Waals surface area contributed by atoms with Crippen LogP contribution in [0.2, 0.25) is 5.02 Å². The van der Waals surface area contributed by atoms with Crippen molar-refractivity contribution in [2.24, 2.45) is 0 Å². The zero-order chi connectivity index (χ0) is 14.3. The Hall–Kier alpha value is -2.26. The van der Waals surface area contributed by atoms with Crippen molar-refractivity contribution in [2.75, 3.05) is 0 Å². The lowest BCUT2D eigenvalue weighted by molar-refractivity contribution is 0.101. The summed E-state index contributed by atoms with van der Waals surface area (Å²) >= 11 is 5.82. The van der Waals surface area contributed by atoms with Gasteiger partial charge in [0.05, 0.1) is 0 Å². The Labute approximate surface area is 121 Å². The molecule has 2 aromatic carbocycles. The fourth-order valence-electron chi connectivity index (χ4n) is 2.14. The van der Waals surface area contributed by atoms with Gasteiger partial charge in [-0.3, -0.25) is 4.79 Å². The third-order valence-corrected chi connectivity index (χ3v) is 3.32. The van der Waals surface area contributed by atoms with Crippen LogP contribution in [-0.4, -0.2) is 10.9 Å². The van der Waals surface area contributed by atoms with Gasteiger partial charge in [-0.2, -0.15) is 0 Å². The molecule has 3 nitrogen and oxygen atoms in total. The third-order valence-electron chi connectivity index (χ3n) is 3.06. The number of hydrogen-bond acceptors (Lipinski definition) is 3. The van der Waals surface area contributed by atoms with Crippen LogP contribution in [-0.2, 0) is 0 Å². The first kappa shape index (κ1) is 12.8. The number of rotatable bonds is 1. The first-order valence-electron chi connectivity index (χ1n) is 6.08. The highest BCUT2D eigenvalue weighted by molar-refractivity contribution is 6.30. The molecule has 0 radical (unpaired) electrons. The predicted octanol–water partition coefficient (Wildman–Crippen LogP) is 3.97. The average molecular weight is 287 g/mol. The molecule has 20 heavy (non-hydrogen) atoms. The molecule has 0 saturated carbocycles. The molecule has 4 heteroatoms. The quantitative estimate of drug-likeness (QED) is 0.807. The van der Waals surface area contributed by atoms with Gasteiger partial charge in [0.1, 0.15) is 17.1 Å². The van der Waals surface area contributed by atoms with Crippen LogP contribution in [0.1, 0.15) is 21.5 Å². The van der Waals surface area contributed by atoms with E-state index in [1.807, 2.05) is 6.92 Å². The maximum Gasteiger partial charge on any atom is 0.235 e. The van der Waals surface area contributed by atoms with Crippen LogP contribution in [0.25, 0.3) is 6.08 Å². The van der Waals surface area contributed by atoms with Gasteiger partial charge in [-0.1, -0.05) is 23.7 Å². The lowest BCUT2D eigenvalue weighted by Gasteiger charge is -2.00. The summed E-state index contributed by atoms with van der Waals surface area (Å²) in [5.41, 5.74) is 1.86. The molecule has 0 saturated heterocycles. The lowest BCUT2D eigenvalue weighted by Crippen LogP contribution is -1.98. The highest BCUT2D eigenvalue weighted by atomic mass is 35.5. The number of allylic oxidation sites excluding steroid dienone is 1. The summed E-state index contributed by atoms with van der Waals surface area (Å²) in [5.74, 6) is 0.230. The number of aromatic hydroxyl groups is 1. The molecule has 0 amide bonds. The maximum atomic E-state index is 12.2. The summed E-state index contributed by atoms with van der Waals surface area (Å²) in [6.07, 6.45) is 1.63. The van der Waals surface area contributed by atoms with E-state index in [2.05, 4.69) is 0 Å². The number of fused-ring (bicyclic) bond motifs is 1. The van der Waals surface area contributed by atoms with Gasteiger partial charge < -0.3 is 9.84 Å². The second-order valence-corrected chi connectivity index (χ2v) is 5.08. The predicted molar refractivity (Wildman–Crippen MR) is 77.2 cm³/mol. The summed E-state index contributed by atoms with van der Waals surface area (Å²) in [6, 6.07) is 10.3. The van der Waals surface area contributed by atoms with Crippen molar-refractivity contribution in [1.82, 2.24) is 0 Å². The first-order chi connectivity index (χ1) is 9.54. The van der Waals surface area contributed by atoms with E-state index in [4.69, 9.17) is 16.3 Å². The van der Waals surface area contributed by atoms with Gasteiger partial charge in [-0.15, -0.1) is 0 Å². The molecule has 0 fully saturated rings. The monoisotopic (exact) mass is 286 g/mol. The molecule has 0 aliphatic carbocycles. The van der Waals surface area contributed by atoms with Crippen molar-refractivity contribution in [1.29, 1.82) is 0 Å². The smallest absolute Gasteiger partial charge is 0.235 e. The standard InChI is InChI=1S/C16H11ClO3/c1-9-6-12(18)15-13(7-9)20-14(16(15)19)8-10-2-4-11(17)5-3-10/h2-8,18H,1H3. The van der Waals surface area contributed by atoms with Gasteiger partial charge in [-0.05, 0) is 48.4 Å². The Morgan fingerprint density at radius 2 is 1.90 bits per heavy atom. The van der Waals surface area contributed by atoms with Gasteiger partial charge in [-0.25, -0.2) is 0 Å². The summed E-state index contributed by atoms with van der Waals surface area (Å²) in [5, 5.41) is 10.5. The van der Waals surface area contributed by atoms with Crippen molar-refractivity contribution < 1.29 is 14.6 Å². The zero-order valence-electron chi connectivity index (χ0n) is 10.7. The van der Waals surface area contributed by atoms with Crippen molar-refractivity contribution in [3.8, 4) is 11.5 Å². The minimum atomic E-state index is -0.313. The molecule has 1 aliphatic rings. The number of aryl methyl sites for hydroxylation is 1. The zero-order valence-corrected chi connectivity index (χ0v) is 11.4. The molecule has 1 N–H and O–H groups in total. The van der Waals surface area contributed by atoms with Crippen LogP contribution in [0.4, 0.5) is 0 Å². The Bertz CT molecular complexity index is 730. The van der Waals surface area contributed by atoms with E-state index in [0.29, 0.717) is 10.8 Å². The maximum absolute atomic E-state index is 12.2. The lowest BCUT2D eigenvalue weighted by atomic mass is 10.1. The van der Waals surface area contributed by atoms with Gasteiger partial charge in [0, 0.05) is 5.02 Å². The van der Waals surface area contributed by atoms with Crippen molar-refractivity contribution in [3.05, 3.63) is 63.9 Å². The highest BCUT2D eigenvalue weighted by Gasteiger charge is 2.30. The van der Waals surface area contributed by atoms with Gasteiger partial charge in [0.2, 0.25) is 5.78 Å². The Morgan fingerprint density at radius 1 is 1.20 bits per heavy atom. The van der Waals surface area contributed by atoms with E-state index >= 15 is 0 Å². The molecular weight excluding hydrogens is 276 g/mol. The molecule has 3 rings (SSSR count). The molecule has 0 bridgehead atoms. The van der Waals surface area contributed by atoms with Crippen LogP contribution in [0.3, 0.4) is 0 Å². The molecule has 2 aromatic rings. The summed E-state index contributed by atoms with van der Waals surface area (Å²) in [6.45, 7) is 1.83. The van der Waals surface area contributed by atoms with E-state index in [9.17, 15) is 9.90 Å². The van der Waals surface area contributed by atoms with Crippen LogP contribution < -0.4 is 4.74 Å². The van der Waals surface area contributed by atoms with E-state index in [1.165, 1.54) is 0 Å². The number of phenolic OH excluding ortho intramolecular Hbond substituents is 1. The number of Topliss-reactive ketones (excluding diaryl/α,β-unsaturated/α-hetero) is 1. The number of carbonyl (C=O) groups excluding carboxylic acids is 1. The summed E-state index contributed by atoms with van der Waals surface area (Å²) < 4.78 is 5.53. The number of phenols is 1. The molecule has 0 unspecified atom stereocenters. The van der Waals surface area contributed by atoms with Crippen molar-refractivity contribution in [2.45, 2.75) is 6.92 Å². The number of ether oxygens (including phenoxy) is 1. The minimum absolute atomic E-state index is 0.0514. The number of ketones is 1.